The monoisotopic (exact) mass is 250 g/mol. The van der Waals surface area contributed by atoms with Gasteiger partial charge in [-0.2, -0.15) is 5.26 Å². The summed E-state index contributed by atoms with van der Waals surface area (Å²) in [5.41, 5.74) is 4.54. The molecule has 2 heteroatoms. The summed E-state index contributed by atoms with van der Waals surface area (Å²) in [6, 6.07) is 18.5. The van der Waals surface area contributed by atoms with Gasteiger partial charge in [-0.15, -0.1) is 0 Å². The summed E-state index contributed by atoms with van der Waals surface area (Å²) in [5, 5.41) is 12.2. The predicted molar refractivity (Wildman–Crippen MR) is 77.7 cm³/mol. The van der Waals surface area contributed by atoms with Gasteiger partial charge in [0.1, 0.15) is 0 Å². The van der Waals surface area contributed by atoms with E-state index < -0.39 is 0 Å². The van der Waals surface area contributed by atoms with Crippen LogP contribution in [0.2, 0.25) is 0 Å². The van der Waals surface area contributed by atoms with Crippen molar-refractivity contribution in [3.05, 3.63) is 70.8 Å². The molecule has 0 aliphatic heterocycles. The van der Waals surface area contributed by atoms with Crippen molar-refractivity contribution in [2.75, 3.05) is 6.54 Å². The van der Waals surface area contributed by atoms with E-state index in [-0.39, 0.29) is 0 Å². The molecule has 0 saturated heterocycles. The highest BCUT2D eigenvalue weighted by Gasteiger charge is 1.96. The van der Waals surface area contributed by atoms with E-state index in [9.17, 15) is 0 Å². The first-order valence-electron chi connectivity index (χ1n) is 6.53. The van der Waals surface area contributed by atoms with E-state index in [1.54, 1.807) is 0 Å². The molecule has 96 valence electrons. The van der Waals surface area contributed by atoms with E-state index in [1.165, 1.54) is 11.1 Å². The van der Waals surface area contributed by atoms with Crippen LogP contribution >= 0.6 is 0 Å². The van der Waals surface area contributed by atoms with E-state index in [0.717, 1.165) is 30.6 Å². The van der Waals surface area contributed by atoms with Crippen LogP contribution in [0.3, 0.4) is 0 Å². The summed E-state index contributed by atoms with van der Waals surface area (Å²) >= 11 is 0. The maximum atomic E-state index is 8.84. The molecule has 0 aliphatic rings. The summed E-state index contributed by atoms with van der Waals surface area (Å²) in [6.07, 6.45) is 1.03. The number of nitrogens with one attached hydrogen (secondary N) is 1. The Morgan fingerprint density at radius 2 is 1.84 bits per heavy atom. The topological polar surface area (TPSA) is 35.8 Å². The lowest BCUT2D eigenvalue weighted by molar-refractivity contribution is 0.686. The Bertz CT molecular complexity index is 582. The fourth-order valence-corrected chi connectivity index (χ4v) is 2.08. The molecular formula is C17H18N2. The molecule has 0 atom stereocenters. The number of aryl methyl sites for hydroxylation is 1. The lowest BCUT2D eigenvalue weighted by Gasteiger charge is -2.06. The first kappa shape index (κ1) is 13.3. The molecule has 1 N–H and O–H groups in total. The first-order chi connectivity index (χ1) is 9.28. The molecule has 0 aliphatic carbocycles. The average Bonchev–Trinajstić information content (AvgIpc) is 2.44. The number of hydrogen-bond donors (Lipinski definition) is 1. The van der Waals surface area contributed by atoms with Crippen molar-refractivity contribution in [2.45, 2.75) is 19.9 Å². The first-order valence-corrected chi connectivity index (χ1v) is 6.53. The third-order valence-electron chi connectivity index (χ3n) is 3.06. The van der Waals surface area contributed by atoms with Gasteiger partial charge in [-0.05, 0) is 43.1 Å². The smallest absolute Gasteiger partial charge is 0.0991 e. The molecule has 0 spiro atoms. The highest BCUT2D eigenvalue weighted by atomic mass is 14.8. The summed E-state index contributed by atoms with van der Waals surface area (Å²) in [7, 11) is 0. The zero-order chi connectivity index (χ0) is 13.5. The molecule has 0 amide bonds. The molecule has 19 heavy (non-hydrogen) atoms. The van der Waals surface area contributed by atoms with Crippen LogP contribution in [0.15, 0.2) is 48.5 Å². The van der Waals surface area contributed by atoms with Crippen molar-refractivity contribution in [3.8, 4) is 6.07 Å². The molecule has 2 aromatic rings. The van der Waals surface area contributed by atoms with Gasteiger partial charge in [0.2, 0.25) is 0 Å². The van der Waals surface area contributed by atoms with Gasteiger partial charge in [-0.1, -0.05) is 42.0 Å². The fourth-order valence-electron chi connectivity index (χ4n) is 2.08. The summed E-state index contributed by atoms with van der Waals surface area (Å²) in [4.78, 5) is 0. The van der Waals surface area contributed by atoms with E-state index in [2.05, 4.69) is 42.6 Å². The molecule has 0 heterocycles. The summed E-state index contributed by atoms with van der Waals surface area (Å²) in [5.74, 6) is 0. The minimum Gasteiger partial charge on any atom is -0.312 e. The van der Waals surface area contributed by atoms with Crippen molar-refractivity contribution in [1.82, 2.24) is 5.32 Å². The maximum Gasteiger partial charge on any atom is 0.0991 e. The van der Waals surface area contributed by atoms with E-state index in [0.29, 0.717) is 0 Å². The standard InChI is InChI=1S/C17H18N2/c1-14-4-2-5-15(10-14)8-9-19-13-17-7-3-6-16(11-17)12-18/h2-7,10-11,19H,8-9,13H2,1H3. The number of nitrogens with zero attached hydrogens (tertiary/aromatic N) is 1. The molecule has 0 radical (unpaired) electrons. The minimum atomic E-state index is 0.720. The van der Waals surface area contributed by atoms with Crippen molar-refractivity contribution in [1.29, 1.82) is 5.26 Å². The van der Waals surface area contributed by atoms with Crippen molar-refractivity contribution >= 4 is 0 Å². The number of benzene rings is 2. The van der Waals surface area contributed by atoms with Gasteiger partial charge in [0.05, 0.1) is 11.6 Å². The molecule has 0 saturated carbocycles. The molecule has 0 unspecified atom stereocenters. The SMILES string of the molecule is Cc1cccc(CCNCc2cccc(C#N)c2)c1. The zero-order valence-electron chi connectivity index (χ0n) is 11.2. The highest BCUT2D eigenvalue weighted by Crippen LogP contribution is 2.05. The quantitative estimate of drug-likeness (QED) is 0.827. The van der Waals surface area contributed by atoms with Gasteiger partial charge in [0.15, 0.2) is 0 Å². The van der Waals surface area contributed by atoms with Crippen LogP contribution in [0.25, 0.3) is 0 Å². The molecule has 2 aromatic carbocycles. The highest BCUT2D eigenvalue weighted by molar-refractivity contribution is 5.32. The van der Waals surface area contributed by atoms with Crippen LogP contribution in [0.1, 0.15) is 22.3 Å². The summed E-state index contributed by atoms with van der Waals surface area (Å²) in [6.45, 7) is 3.87. The van der Waals surface area contributed by atoms with E-state index in [1.807, 2.05) is 24.3 Å². The molecule has 0 bridgehead atoms. The third-order valence-corrected chi connectivity index (χ3v) is 3.06. The lowest BCUT2D eigenvalue weighted by atomic mass is 10.1. The maximum absolute atomic E-state index is 8.84. The van der Waals surface area contributed by atoms with Crippen LogP contribution in [0, 0.1) is 18.3 Å². The molecule has 0 fully saturated rings. The Morgan fingerprint density at radius 3 is 2.63 bits per heavy atom. The Kier molecular flexibility index (Phi) is 4.72. The molecule has 2 rings (SSSR count). The normalized spacial score (nSPS) is 10.1. The van der Waals surface area contributed by atoms with Crippen LogP contribution in [0.4, 0.5) is 0 Å². The number of nitriles is 1. The van der Waals surface area contributed by atoms with Crippen LogP contribution in [-0.2, 0) is 13.0 Å². The predicted octanol–water partition coefficient (Wildman–Crippen LogP) is 3.20. The van der Waals surface area contributed by atoms with Crippen LogP contribution < -0.4 is 5.32 Å². The van der Waals surface area contributed by atoms with Gasteiger partial charge in [-0.25, -0.2) is 0 Å². The zero-order valence-corrected chi connectivity index (χ0v) is 11.2. The molecule has 2 nitrogen and oxygen atoms in total. The Morgan fingerprint density at radius 1 is 1.05 bits per heavy atom. The minimum absolute atomic E-state index is 0.720. The largest absolute Gasteiger partial charge is 0.312 e. The fraction of sp³-hybridized carbons (Fsp3) is 0.235. The van der Waals surface area contributed by atoms with Crippen LogP contribution in [-0.4, -0.2) is 6.54 Å². The van der Waals surface area contributed by atoms with Crippen molar-refractivity contribution in [3.63, 3.8) is 0 Å². The van der Waals surface area contributed by atoms with Gasteiger partial charge in [-0.3, -0.25) is 0 Å². The van der Waals surface area contributed by atoms with Crippen molar-refractivity contribution < 1.29 is 0 Å². The Labute approximate surface area is 114 Å². The van der Waals surface area contributed by atoms with Gasteiger partial charge in [0, 0.05) is 6.54 Å². The van der Waals surface area contributed by atoms with Gasteiger partial charge < -0.3 is 5.32 Å². The Balaban J connectivity index is 1.79. The van der Waals surface area contributed by atoms with Gasteiger partial charge in [0.25, 0.3) is 0 Å². The second-order valence-electron chi connectivity index (χ2n) is 4.73. The number of hydrogen-bond acceptors (Lipinski definition) is 2. The lowest BCUT2D eigenvalue weighted by Crippen LogP contribution is -2.16. The third kappa shape index (κ3) is 4.24. The van der Waals surface area contributed by atoms with Crippen molar-refractivity contribution in [2.24, 2.45) is 0 Å². The average molecular weight is 250 g/mol. The summed E-state index contributed by atoms with van der Waals surface area (Å²) < 4.78 is 0. The second-order valence-corrected chi connectivity index (χ2v) is 4.73. The second kappa shape index (κ2) is 6.72. The van der Waals surface area contributed by atoms with E-state index in [4.69, 9.17) is 5.26 Å². The van der Waals surface area contributed by atoms with Crippen LogP contribution in [0.5, 0.6) is 0 Å². The Hall–Kier alpha value is -2.11. The molecular weight excluding hydrogens is 232 g/mol. The molecule has 0 aromatic heterocycles. The van der Waals surface area contributed by atoms with Gasteiger partial charge >= 0.3 is 0 Å². The van der Waals surface area contributed by atoms with E-state index >= 15 is 0 Å². The number of rotatable bonds is 5.